The lowest BCUT2D eigenvalue weighted by Crippen LogP contribution is -2.09. The van der Waals surface area contributed by atoms with Gasteiger partial charge in [0, 0.05) is 18.1 Å². The number of hydrogen-bond acceptors (Lipinski definition) is 4. The number of carbonyl (C=O) groups excluding carboxylic acids is 1. The Hall–Kier alpha value is -4.63. The van der Waals surface area contributed by atoms with Crippen molar-refractivity contribution < 1.29 is 64.0 Å². The van der Waals surface area contributed by atoms with E-state index in [0.29, 0.717) is 36.2 Å². The van der Waals surface area contributed by atoms with Crippen LogP contribution < -0.4 is 10.9 Å². The quantitative estimate of drug-likeness (QED) is 0.0572. The van der Waals surface area contributed by atoms with Crippen LogP contribution in [0.1, 0.15) is 189 Å². The topological polar surface area (TPSA) is 113 Å². The summed E-state index contributed by atoms with van der Waals surface area (Å²) in [6.07, 6.45) is 2.84. The van der Waals surface area contributed by atoms with Gasteiger partial charge in [-0.25, -0.2) is 43.9 Å². The molecule has 0 saturated carbocycles. The Kier molecular flexibility index (Phi) is 44.0. The van der Waals surface area contributed by atoms with Gasteiger partial charge in [0.2, 0.25) is 11.6 Å². The van der Waals surface area contributed by atoms with Crippen LogP contribution in [-0.2, 0) is 4.79 Å². The van der Waals surface area contributed by atoms with E-state index in [1.54, 1.807) is 26.0 Å². The minimum Gasteiger partial charge on any atom is -0.508 e. The molecule has 0 aliphatic carbocycles. The highest BCUT2D eigenvalue weighted by Crippen LogP contribution is 2.31. The first-order valence-electron chi connectivity index (χ1n) is 21.8. The van der Waals surface area contributed by atoms with Gasteiger partial charge in [0.1, 0.15) is 11.5 Å². The maximum absolute atomic E-state index is 13.1. The maximum Gasteiger partial charge on any atom is 0.308 e. The van der Waals surface area contributed by atoms with Crippen molar-refractivity contribution in [1.82, 2.24) is 6.15 Å². The number of benzene rings is 4. The molecular formula is C50H77F10NO4. The van der Waals surface area contributed by atoms with Crippen molar-refractivity contribution in [3.63, 3.8) is 0 Å². The molecular weight excluding hydrogens is 869 g/mol. The monoisotopic (exact) mass is 946 g/mol. The van der Waals surface area contributed by atoms with Gasteiger partial charge in [-0.1, -0.05) is 135 Å². The molecule has 4 rings (SSSR count). The Balaban J connectivity index is -0.000000168. The highest BCUT2D eigenvalue weighted by atomic mass is 19.2. The summed E-state index contributed by atoms with van der Waals surface area (Å²) in [5.74, 6) is -18.3. The Bertz CT molecular complexity index is 1710. The summed E-state index contributed by atoms with van der Waals surface area (Å²) in [5, 5.41) is 9.01. The minimum atomic E-state index is -2.11. The predicted molar refractivity (Wildman–Crippen MR) is 247 cm³/mol. The van der Waals surface area contributed by atoms with Crippen molar-refractivity contribution >= 4 is 5.97 Å². The summed E-state index contributed by atoms with van der Waals surface area (Å²) >= 11 is 0. The van der Waals surface area contributed by atoms with E-state index in [1.807, 2.05) is 91.8 Å². The van der Waals surface area contributed by atoms with Gasteiger partial charge in [-0.15, -0.1) is 0 Å². The first kappa shape index (κ1) is 72.0. The van der Waals surface area contributed by atoms with Crippen LogP contribution in [0, 0.1) is 58.2 Å². The molecule has 376 valence electrons. The van der Waals surface area contributed by atoms with Gasteiger partial charge in [-0.05, 0) is 84.7 Å². The van der Waals surface area contributed by atoms with Gasteiger partial charge < -0.3 is 21.5 Å². The number of ether oxygens (including phenoxy) is 1. The van der Waals surface area contributed by atoms with E-state index >= 15 is 0 Å². The molecule has 4 aromatic carbocycles. The molecule has 15 heteroatoms. The molecule has 0 aliphatic rings. The second-order valence-corrected chi connectivity index (χ2v) is 13.0. The number of phenolic OH excluding ortho intramolecular Hbond substituents is 1. The zero-order valence-electron chi connectivity index (χ0n) is 41.5. The molecule has 4 aromatic rings. The number of phenols is 1. The van der Waals surface area contributed by atoms with Crippen molar-refractivity contribution in [1.29, 1.82) is 0 Å². The number of aromatic hydroxyl groups is 1. The Morgan fingerprint density at radius 2 is 0.662 bits per heavy atom. The lowest BCUT2D eigenvalue weighted by molar-refractivity contribution is -0.131. The Labute approximate surface area is 382 Å². The molecule has 0 fully saturated rings. The van der Waals surface area contributed by atoms with Crippen LogP contribution >= 0.6 is 0 Å². The number of halogens is 10. The fourth-order valence-electron chi connectivity index (χ4n) is 4.82. The zero-order chi connectivity index (χ0) is 50.3. The van der Waals surface area contributed by atoms with Crippen LogP contribution in [0.25, 0.3) is 0 Å². The number of rotatable bonds is 9. The molecule has 4 atom stereocenters. The summed E-state index contributed by atoms with van der Waals surface area (Å²) in [4.78, 5) is 10.7. The van der Waals surface area contributed by atoms with Crippen LogP contribution in [0.2, 0.25) is 0 Å². The van der Waals surface area contributed by atoms with Crippen molar-refractivity contribution in [2.75, 3.05) is 0 Å². The molecule has 0 saturated heterocycles. The standard InChI is InChI=1S/C12H16O2.2C10H9F5.C10H14O.4C2H6.H3N.H2O/c1-4-9(2)11-5-7-12(8-6-11)14-10(3)13;2*1-3-4(2)5-6(11)8(13)10(15)9(14)7(5)12;1-3-8(2)9-4-6-10(11)7-5-9;4*1-2;;/h5-9H,4H2,1-3H3;2*4H,3H2,1-2H3;4-8,11H,3H2,1-2H3;4*1-2H3;1H3;1H2. The summed E-state index contributed by atoms with van der Waals surface area (Å²) in [7, 11) is 0. The van der Waals surface area contributed by atoms with E-state index in [9.17, 15) is 48.7 Å². The fraction of sp³-hybridized carbons (Fsp3) is 0.500. The average Bonchev–Trinajstić information content (AvgIpc) is 3.31. The summed E-state index contributed by atoms with van der Waals surface area (Å²) in [5.41, 5.74) is 1.09. The van der Waals surface area contributed by atoms with Crippen molar-refractivity contribution in [3.8, 4) is 11.5 Å². The van der Waals surface area contributed by atoms with Crippen LogP contribution in [0.5, 0.6) is 11.5 Å². The molecule has 0 aliphatic heterocycles. The molecule has 0 spiro atoms. The summed E-state index contributed by atoms with van der Waals surface area (Å²) in [6, 6.07) is 15.1. The molecule has 5 nitrogen and oxygen atoms in total. The van der Waals surface area contributed by atoms with Crippen molar-refractivity contribution in [3.05, 3.63) is 129 Å². The van der Waals surface area contributed by atoms with E-state index in [2.05, 4.69) is 27.7 Å². The normalized spacial score (nSPS) is 11.2. The fourth-order valence-corrected chi connectivity index (χ4v) is 4.82. The van der Waals surface area contributed by atoms with Gasteiger partial charge in [0.15, 0.2) is 46.5 Å². The van der Waals surface area contributed by atoms with Crippen LogP contribution in [0.4, 0.5) is 43.9 Å². The molecule has 0 heterocycles. The number of esters is 1. The smallest absolute Gasteiger partial charge is 0.308 e. The molecule has 0 bridgehead atoms. The van der Waals surface area contributed by atoms with E-state index in [0.717, 1.165) is 12.8 Å². The highest BCUT2D eigenvalue weighted by Gasteiger charge is 2.29. The van der Waals surface area contributed by atoms with Gasteiger partial charge in [-0.3, -0.25) is 4.79 Å². The summed E-state index contributed by atoms with van der Waals surface area (Å²) in [6.45, 7) is 32.1. The average molecular weight is 946 g/mol. The van der Waals surface area contributed by atoms with Gasteiger partial charge in [0.25, 0.3) is 0 Å². The molecule has 0 aromatic heterocycles. The first-order chi connectivity index (χ1) is 29.7. The molecule has 0 radical (unpaired) electrons. The van der Waals surface area contributed by atoms with E-state index in [4.69, 9.17) is 9.84 Å². The lowest BCUT2D eigenvalue weighted by Gasteiger charge is -2.12. The largest absolute Gasteiger partial charge is 0.508 e. The highest BCUT2D eigenvalue weighted by molar-refractivity contribution is 5.69. The SMILES string of the molecule is CC.CC.CC.CC.CCC(C)c1c(F)c(F)c(F)c(F)c1F.CCC(C)c1c(F)c(F)c(F)c(F)c1F.CCC(C)c1ccc(O)cc1.CCC(C)c1ccc(OC(C)=O)cc1.N.O. The molecule has 4 unspecified atom stereocenters. The van der Waals surface area contributed by atoms with Gasteiger partial charge in [-0.2, -0.15) is 0 Å². The number of hydrogen-bond donors (Lipinski definition) is 2. The van der Waals surface area contributed by atoms with Crippen molar-refractivity contribution in [2.24, 2.45) is 0 Å². The lowest BCUT2D eigenvalue weighted by atomic mass is 9.97. The third-order valence-corrected chi connectivity index (χ3v) is 9.10. The van der Waals surface area contributed by atoms with E-state index < -0.39 is 81.1 Å². The zero-order valence-corrected chi connectivity index (χ0v) is 41.5. The second kappa shape index (κ2) is 39.7. The van der Waals surface area contributed by atoms with Crippen LogP contribution in [0.3, 0.4) is 0 Å². The predicted octanol–water partition coefficient (Wildman–Crippen LogP) is 17.3. The maximum atomic E-state index is 13.1. The first-order valence-corrected chi connectivity index (χ1v) is 21.8. The molecule has 65 heavy (non-hydrogen) atoms. The van der Waals surface area contributed by atoms with E-state index in [1.165, 1.54) is 31.9 Å². The van der Waals surface area contributed by atoms with E-state index in [-0.39, 0.29) is 17.6 Å². The Morgan fingerprint density at radius 1 is 0.446 bits per heavy atom. The minimum absolute atomic E-state index is 0. The number of carbonyl (C=O) groups is 1. The second-order valence-electron chi connectivity index (χ2n) is 13.0. The Morgan fingerprint density at radius 3 is 0.877 bits per heavy atom. The van der Waals surface area contributed by atoms with Crippen LogP contribution in [-0.4, -0.2) is 16.6 Å². The summed E-state index contributed by atoms with van der Waals surface area (Å²) < 4.78 is 134. The van der Waals surface area contributed by atoms with Crippen molar-refractivity contribution in [2.45, 2.75) is 167 Å². The van der Waals surface area contributed by atoms with Gasteiger partial charge >= 0.3 is 5.97 Å². The third-order valence-electron chi connectivity index (χ3n) is 9.10. The molecule has 6 N–H and O–H groups in total. The van der Waals surface area contributed by atoms with Gasteiger partial charge in [0.05, 0.1) is 0 Å². The third kappa shape index (κ3) is 23.4. The van der Waals surface area contributed by atoms with Crippen LogP contribution in [0.15, 0.2) is 48.5 Å². The molecule has 0 amide bonds.